The van der Waals surface area contributed by atoms with Crippen molar-refractivity contribution in [1.29, 1.82) is 0 Å². The Kier molecular flexibility index (Phi) is 5.30. The van der Waals surface area contributed by atoms with Crippen LogP contribution < -0.4 is 0 Å². The molecular formula is C15H29NO. The highest BCUT2D eigenvalue weighted by atomic mass is 16.3. The van der Waals surface area contributed by atoms with Crippen LogP contribution in [0, 0.1) is 5.92 Å². The number of aliphatic hydroxyl groups excluding tert-OH is 1. The van der Waals surface area contributed by atoms with Crippen LogP contribution in [-0.4, -0.2) is 35.2 Å². The van der Waals surface area contributed by atoms with E-state index < -0.39 is 0 Å². The van der Waals surface area contributed by atoms with Gasteiger partial charge in [-0.3, -0.25) is 4.90 Å². The van der Waals surface area contributed by atoms with E-state index in [0.29, 0.717) is 6.04 Å². The summed E-state index contributed by atoms with van der Waals surface area (Å²) in [5.74, 6) is 0.950. The standard InChI is InChI=1S/C15H29NO/c1-2-6-13-7-5-11-16(12-10-13)14-8-3-4-9-15(14)17/h13-15,17H,2-12H2,1H3. The Balaban J connectivity index is 1.84. The fraction of sp³-hybridized carbons (Fsp3) is 1.00. The van der Waals surface area contributed by atoms with E-state index >= 15 is 0 Å². The van der Waals surface area contributed by atoms with E-state index in [4.69, 9.17) is 0 Å². The molecule has 17 heavy (non-hydrogen) atoms. The highest BCUT2D eigenvalue weighted by Gasteiger charge is 2.29. The largest absolute Gasteiger partial charge is 0.391 e. The number of aliphatic hydroxyl groups is 1. The van der Waals surface area contributed by atoms with E-state index in [1.807, 2.05) is 0 Å². The minimum Gasteiger partial charge on any atom is -0.391 e. The van der Waals surface area contributed by atoms with Crippen LogP contribution in [0.5, 0.6) is 0 Å². The first-order valence-electron chi connectivity index (χ1n) is 7.73. The van der Waals surface area contributed by atoms with Crippen LogP contribution in [0.15, 0.2) is 0 Å². The minimum absolute atomic E-state index is 0.0496. The van der Waals surface area contributed by atoms with Crippen molar-refractivity contribution in [3.8, 4) is 0 Å². The van der Waals surface area contributed by atoms with Crippen molar-refractivity contribution >= 4 is 0 Å². The number of rotatable bonds is 3. The molecule has 0 amide bonds. The van der Waals surface area contributed by atoms with E-state index in [9.17, 15) is 5.11 Å². The lowest BCUT2D eigenvalue weighted by atomic mass is 9.91. The maximum atomic E-state index is 10.1. The van der Waals surface area contributed by atoms with Crippen LogP contribution in [0.4, 0.5) is 0 Å². The third kappa shape index (κ3) is 3.69. The monoisotopic (exact) mass is 239 g/mol. The van der Waals surface area contributed by atoms with Crippen molar-refractivity contribution in [2.24, 2.45) is 5.92 Å². The normalized spacial score (nSPS) is 36.7. The zero-order valence-corrected chi connectivity index (χ0v) is 11.4. The van der Waals surface area contributed by atoms with Gasteiger partial charge in [-0.2, -0.15) is 0 Å². The summed E-state index contributed by atoms with van der Waals surface area (Å²) in [4.78, 5) is 2.60. The lowest BCUT2D eigenvalue weighted by Gasteiger charge is -2.37. The Bertz CT molecular complexity index is 219. The first-order chi connectivity index (χ1) is 8.31. The van der Waals surface area contributed by atoms with Crippen LogP contribution in [-0.2, 0) is 0 Å². The molecule has 1 aliphatic carbocycles. The van der Waals surface area contributed by atoms with Gasteiger partial charge in [0.1, 0.15) is 0 Å². The molecule has 1 saturated heterocycles. The van der Waals surface area contributed by atoms with Crippen molar-refractivity contribution in [3.63, 3.8) is 0 Å². The molecule has 1 saturated carbocycles. The second-order valence-electron chi connectivity index (χ2n) is 6.04. The van der Waals surface area contributed by atoms with E-state index in [0.717, 1.165) is 12.3 Å². The smallest absolute Gasteiger partial charge is 0.0695 e. The Labute approximate surface area is 106 Å². The number of likely N-dealkylation sites (tertiary alicyclic amines) is 1. The molecule has 3 atom stereocenters. The van der Waals surface area contributed by atoms with Crippen LogP contribution in [0.2, 0.25) is 0 Å². The molecule has 0 aromatic heterocycles. The minimum atomic E-state index is -0.0496. The van der Waals surface area contributed by atoms with Gasteiger partial charge in [-0.25, -0.2) is 0 Å². The highest BCUT2D eigenvalue weighted by Crippen LogP contribution is 2.28. The lowest BCUT2D eigenvalue weighted by Crippen LogP contribution is -2.45. The van der Waals surface area contributed by atoms with E-state index in [2.05, 4.69) is 11.8 Å². The fourth-order valence-electron chi connectivity index (χ4n) is 3.73. The molecule has 2 nitrogen and oxygen atoms in total. The molecule has 1 heterocycles. The van der Waals surface area contributed by atoms with Gasteiger partial charge >= 0.3 is 0 Å². The predicted octanol–water partition coefficient (Wildman–Crippen LogP) is 3.19. The third-order valence-corrected chi connectivity index (χ3v) is 4.74. The average Bonchev–Trinajstić information content (AvgIpc) is 2.56. The predicted molar refractivity (Wildman–Crippen MR) is 72.1 cm³/mol. The maximum absolute atomic E-state index is 10.1. The number of hydrogen-bond acceptors (Lipinski definition) is 2. The fourth-order valence-corrected chi connectivity index (χ4v) is 3.73. The maximum Gasteiger partial charge on any atom is 0.0695 e. The molecule has 2 heteroatoms. The summed E-state index contributed by atoms with van der Waals surface area (Å²) in [6, 6.07) is 0.476. The Hall–Kier alpha value is -0.0800. The number of nitrogens with zero attached hydrogens (tertiary/aromatic N) is 1. The Morgan fingerprint density at radius 1 is 1.00 bits per heavy atom. The molecule has 2 aliphatic rings. The highest BCUT2D eigenvalue weighted by molar-refractivity contribution is 4.84. The molecule has 1 N–H and O–H groups in total. The van der Waals surface area contributed by atoms with E-state index in [1.165, 1.54) is 64.5 Å². The molecule has 0 spiro atoms. The quantitative estimate of drug-likeness (QED) is 0.817. The average molecular weight is 239 g/mol. The second kappa shape index (κ2) is 6.75. The van der Waals surface area contributed by atoms with Gasteiger partial charge < -0.3 is 5.11 Å². The molecule has 3 unspecified atom stereocenters. The zero-order valence-electron chi connectivity index (χ0n) is 11.4. The Morgan fingerprint density at radius 3 is 2.59 bits per heavy atom. The van der Waals surface area contributed by atoms with Crippen molar-refractivity contribution in [2.75, 3.05) is 13.1 Å². The van der Waals surface area contributed by atoms with Gasteiger partial charge in [-0.1, -0.05) is 32.6 Å². The molecule has 100 valence electrons. The molecular weight excluding hydrogens is 210 g/mol. The van der Waals surface area contributed by atoms with Gasteiger partial charge in [0, 0.05) is 6.04 Å². The van der Waals surface area contributed by atoms with Crippen molar-refractivity contribution in [2.45, 2.75) is 76.9 Å². The van der Waals surface area contributed by atoms with Gasteiger partial charge in [0.25, 0.3) is 0 Å². The van der Waals surface area contributed by atoms with Gasteiger partial charge in [0.2, 0.25) is 0 Å². The van der Waals surface area contributed by atoms with Crippen LogP contribution >= 0.6 is 0 Å². The topological polar surface area (TPSA) is 23.5 Å². The van der Waals surface area contributed by atoms with Gasteiger partial charge in [0.05, 0.1) is 6.10 Å². The molecule has 0 aromatic rings. The summed E-state index contributed by atoms with van der Waals surface area (Å²) in [6.45, 7) is 4.75. The molecule has 2 fully saturated rings. The van der Waals surface area contributed by atoms with E-state index in [1.54, 1.807) is 0 Å². The van der Waals surface area contributed by atoms with Crippen molar-refractivity contribution in [1.82, 2.24) is 4.90 Å². The van der Waals surface area contributed by atoms with Gasteiger partial charge in [-0.15, -0.1) is 0 Å². The summed E-state index contributed by atoms with van der Waals surface area (Å²) < 4.78 is 0. The van der Waals surface area contributed by atoms with Crippen LogP contribution in [0.3, 0.4) is 0 Å². The van der Waals surface area contributed by atoms with E-state index in [-0.39, 0.29) is 6.10 Å². The molecule has 0 aromatic carbocycles. The van der Waals surface area contributed by atoms with Gasteiger partial charge in [-0.05, 0) is 51.1 Å². The molecule has 0 bridgehead atoms. The molecule has 0 radical (unpaired) electrons. The van der Waals surface area contributed by atoms with Gasteiger partial charge in [0.15, 0.2) is 0 Å². The lowest BCUT2D eigenvalue weighted by molar-refractivity contribution is 0.0208. The van der Waals surface area contributed by atoms with Crippen molar-refractivity contribution in [3.05, 3.63) is 0 Å². The number of hydrogen-bond donors (Lipinski definition) is 1. The van der Waals surface area contributed by atoms with Crippen LogP contribution in [0.25, 0.3) is 0 Å². The SMILES string of the molecule is CCCC1CCCN(C2CCCCC2O)CC1. The Morgan fingerprint density at radius 2 is 1.82 bits per heavy atom. The first-order valence-corrected chi connectivity index (χ1v) is 7.73. The summed E-state index contributed by atoms with van der Waals surface area (Å²) in [6.07, 6.45) is 11.6. The third-order valence-electron chi connectivity index (χ3n) is 4.74. The molecule has 1 aliphatic heterocycles. The summed E-state index contributed by atoms with van der Waals surface area (Å²) in [5.41, 5.74) is 0. The second-order valence-corrected chi connectivity index (χ2v) is 6.04. The molecule has 2 rings (SSSR count). The van der Waals surface area contributed by atoms with Crippen molar-refractivity contribution < 1.29 is 5.11 Å². The zero-order chi connectivity index (χ0) is 12.1. The summed E-state index contributed by atoms with van der Waals surface area (Å²) in [7, 11) is 0. The first kappa shape index (κ1) is 13.4. The summed E-state index contributed by atoms with van der Waals surface area (Å²) >= 11 is 0. The van der Waals surface area contributed by atoms with Crippen LogP contribution in [0.1, 0.15) is 64.7 Å². The summed E-state index contributed by atoms with van der Waals surface area (Å²) in [5, 5.41) is 10.1.